The van der Waals surface area contributed by atoms with Crippen molar-refractivity contribution < 1.29 is 4.74 Å². The van der Waals surface area contributed by atoms with E-state index in [2.05, 4.69) is 65.9 Å². The molecule has 0 saturated carbocycles. The van der Waals surface area contributed by atoms with E-state index in [1.807, 2.05) is 6.92 Å². The van der Waals surface area contributed by atoms with Gasteiger partial charge in [-0.15, -0.1) is 46.7 Å². The standard InChI is InChI=1S/C19H30N4OS2.HI/c1-7-20-18(21-13-19(3,4)16-9-8-10-25-16)23(5)11-15-12-26-17(22-15)14(2)24-6;/h8-10,12,14H,7,11,13H2,1-6H3,(H,20,21);1H. The molecule has 0 aliphatic carbocycles. The van der Waals surface area contributed by atoms with E-state index < -0.39 is 0 Å². The maximum atomic E-state index is 5.35. The SMILES string of the molecule is CCNC(=NCC(C)(C)c1cccs1)N(C)Cc1csc(C(C)OC)n1.I. The first kappa shape index (κ1) is 24.3. The third-order valence-electron chi connectivity index (χ3n) is 4.18. The summed E-state index contributed by atoms with van der Waals surface area (Å²) in [5, 5.41) is 8.62. The number of nitrogens with zero attached hydrogens (tertiary/aromatic N) is 3. The van der Waals surface area contributed by atoms with E-state index >= 15 is 0 Å². The third kappa shape index (κ3) is 6.99. The highest BCUT2D eigenvalue weighted by Crippen LogP contribution is 2.27. The molecule has 2 aromatic heterocycles. The van der Waals surface area contributed by atoms with Gasteiger partial charge in [0, 0.05) is 36.4 Å². The summed E-state index contributed by atoms with van der Waals surface area (Å²) < 4.78 is 5.35. The zero-order valence-corrected chi connectivity index (χ0v) is 20.9. The second-order valence-electron chi connectivity index (χ2n) is 6.94. The number of halogens is 1. The van der Waals surface area contributed by atoms with Crippen molar-refractivity contribution in [3.63, 3.8) is 0 Å². The quantitative estimate of drug-likeness (QED) is 0.304. The molecule has 0 amide bonds. The fourth-order valence-corrected chi connectivity index (χ4v) is 4.17. The molecule has 0 aliphatic rings. The lowest BCUT2D eigenvalue weighted by molar-refractivity contribution is 0.119. The Bertz CT molecular complexity index is 700. The van der Waals surface area contributed by atoms with Gasteiger partial charge in [-0.2, -0.15) is 0 Å². The second kappa shape index (κ2) is 11.3. The summed E-state index contributed by atoms with van der Waals surface area (Å²) in [7, 11) is 3.77. The number of aliphatic imine (C=N–C) groups is 1. The maximum absolute atomic E-state index is 5.35. The minimum Gasteiger partial charge on any atom is -0.375 e. The molecule has 8 heteroatoms. The fourth-order valence-electron chi connectivity index (χ4n) is 2.48. The largest absolute Gasteiger partial charge is 0.375 e. The fraction of sp³-hybridized carbons (Fsp3) is 0.579. The molecule has 1 atom stereocenters. The third-order valence-corrected chi connectivity index (χ3v) is 6.47. The molecular formula is C19H31IN4OS2. The highest BCUT2D eigenvalue weighted by molar-refractivity contribution is 14.0. The first-order valence-electron chi connectivity index (χ1n) is 8.88. The maximum Gasteiger partial charge on any atom is 0.194 e. The summed E-state index contributed by atoms with van der Waals surface area (Å²) >= 11 is 3.43. The average Bonchev–Trinajstić information content (AvgIpc) is 3.29. The number of hydrogen-bond acceptors (Lipinski definition) is 5. The van der Waals surface area contributed by atoms with Gasteiger partial charge in [-0.05, 0) is 25.3 Å². The molecule has 5 nitrogen and oxygen atoms in total. The minimum atomic E-state index is 0. The molecule has 1 unspecified atom stereocenters. The van der Waals surface area contributed by atoms with Crippen molar-refractivity contribution in [1.82, 2.24) is 15.2 Å². The molecule has 2 aromatic rings. The lowest BCUT2D eigenvalue weighted by Crippen LogP contribution is -2.39. The smallest absolute Gasteiger partial charge is 0.194 e. The van der Waals surface area contributed by atoms with Gasteiger partial charge in [0.05, 0.1) is 18.8 Å². The molecule has 152 valence electrons. The van der Waals surface area contributed by atoms with E-state index in [4.69, 9.17) is 9.73 Å². The highest BCUT2D eigenvalue weighted by atomic mass is 127. The number of ether oxygens (including phenoxy) is 1. The minimum absolute atomic E-state index is 0. The van der Waals surface area contributed by atoms with Crippen molar-refractivity contribution in [3.8, 4) is 0 Å². The molecule has 0 aromatic carbocycles. The average molecular weight is 523 g/mol. The van der Waals surface area contributed by atoms with Gasteiger partial charge in [0.15, 0.2) is 5.96 Å². The Kier molecular flexibility index (Phi) is 10.2. The monoisotopic (exact) mass is 522 g/mol. The molecule has 2 rings (SSSR count). The highest BCUT2D eigenvalue weighted by Gasteiger charge is 2.22. The molecule has 0 spiro atoms. The van der Waals surface area contributed by atoms with Gasteiger partial charge in [-0.1, -0.05) is 19.9 Å². The van der Waals surface area contributed by atoms with Crippen molar-refractivity contribution in [1.29, 1.82) is 0 Å². The van der Waals surface area contributed by atoms with Gasteiger partial charge >= 0.3 is 0 Å². The van der Waals surface area contributed by atoms with Gasteiger partial charge in [0.2, 0.25) is 0 Å². The molecule has 0 bridgehead atoms. The Morgan fingerprint density at radius 3 is 2.74 bits per heavy atom. The summed E-state index contributed by atoms with van der Waals surface area (Å²) in [6, 6.07) is 4.29. The van der Waals surface area contributed by atoms with Gasteiger partial charge in [-0.25, -0.2) is 4.98 Å². The molecule has 0 fully saturated rings. The topological polar surface area (TPSA) is 49.8 Å². The number of methoxy groups -OCH3 is 1. The number of rotatable bonds is 8. The van der Waals surface area contributed by atoms with Crippen molar-refractivity contribution in [3.05, 3.63) is 38.5 Å². The lowest BCUT2D eigenvalue weighted by atomic mass is 9.92. The van der Waals surface area contributed by atoms with Crippen LogP contribution in [-0.2, 0) is 16.7 Å². The van der Waals surface area contributed by atoms with Crippen molar-refractivity contribution >= 4 is 52.6 Å². The van der Waals surface area contributed by atoms with Gasteiger partial charge < -0.3 is 15.0 Å². The predicted octanol–water partition coefficient (Wildman–Crippen LogP) is 4.91. The van der Waals surface area contributed by atoms with Crippen molar-refractivity contribution in [2.45, 2.75) is 45.8 Å². The Labute approximate surface area is 188 Å². The summed E-state index contributed by atoms with van der Waals surface area (Å²) in [6.45, 7) is 10.9. The van der Waals surface area contributed by atoms with Crippen LogP contribution in [0.2, 0.25) is 0 Å². The number of aromatic nitrogens is 1. The normalized spacial score (nSPS) is 13.2. The number of guanidine groups is 1. The first-order chi connectivity index (χ1) is 12.4. The Morgan fingerprint density at radius 1 is 1.41 bits per heavy atom. The van der Waals surface area contributed by atoms with Crippen LogP contribution < -0.4 is 5.32 Å². The van der Waals surface area contributed by atoms with Crippen LogP contribution >= 0.6 is 46.7 Å². The summed E-state index contributed by atoms with van der Waals surface area (Å²) in [4.78, 5) is 13.1. The summed E-state index contributed by atoms with van der Waals surface area (Å²) in [5.74, 6) is 0.909. The zero-order chi connectivity index (χ0) is 19.2. The van der Waals surface area contributed by atoms with E-state index in [-0.39, 0.29) is 35.5 Å². The van der Waals surface area contributed by atoms with E-state index in [1.165, 1.54) is 4.88 Å². The molecular weight excluding hydrogens is 491 g/mol. The number of hydrogen-bond donors (Lipinski definition) is 1. The summed E-state index contributed by atoms with van der Waals surface area (Å²) in [5.41, 5.74) is 1.07. The van der Waals surface area contributed by atoms with Crippen LogP contribution in [0, 0.1) is 0 Å². The van der Waals surface area contributed by atoms with Crippen LogP contribution in [-0.4, -0.2) is 43.1 Å². The molecule has 0 saturated heterocycles. The Morgan fingerprint density at radius 2 is 2.15 bits per heavy atom. The van der Waals surface area contributed by atoms with E-state index in [9.17, 15) is 0 Å². The first-order valence-corrected chi connectivity index (χ1v) is 10.6. The molecule has 1 N–H and O–H groups in total. The Balaban J connectivity index is 0.00000364. The van der Waals surface area contributed by atoms with Crippen LogP contribution in [0.5, 0.6) is 0 Å². The lowest BCUT2D eigenvalue weighted by Gasteiger charge is -2.25. The van der Waals surface area contributed by atoms with Gasteiger partial charge in [0.1, 0.15) is 11.1 Å². The molecule has 2 heterocycles. The predicted molar refractivity (Wildman–Crippen MR) is 128 cm³/mol. The number of thiazole rings is 1. The second-order valence-corrected chi connectivity index (χ2v) is 8.78. The van der Waals surface area contributed by atoms with Crippen LogP contribution in [0.4, 0.5) is 0 Å². The van der Waals surface area contributed by atoms with E-state index in [0.717, 1.165) is 36.3 Å². The van der Waals surface area contributed by atoms with Crippen LogP contribution in [0.3, 0.4) is 0 Å². The molecule has 0 radical (unpaired) electrons. The number of thiophene rings is 1. The van der Waals surface area contributed by atoms with Crippen LogP contribution in [0.15, 0.2) is 27.9 Å². The molecule has 0 aliphatic heterocycles. The zero-order valence-electron chi connectivity index (χ0n) is 17.0. The number of nitrogens with one attached hydrogen (secondary N) is 1. The Hall–Kier alpha value is -0.710. The van der Waals surface area contributed by atoms with Gasteiger partial charge in [0.25, 0.3) is 0 Å². The molecule has 27 heavy (non-hydrogen) atoms. The van der Waals surface area contributed by atoms with Crippen LogP contribution in [0.25, 0.3) is 0 Å². The van der Waals surface area contributed by atoms with Crippen molar-refractivity contribution in [2.24, 2.45) is 4.99 Å². The van der Waals surface area contributed by atoms with E-state index in [1.54, 1.807) is 29.8 Å². The van der Waals surface area contributed by atoms with E-state index in [0.29, 0.717) is 0 Å². The van der Waals surface area contributed by atoms with Crippen LogP contribution in [0.1, 0.15) is 49.4 Å². The van der Waals surface area contributed by atoms with Crippen molar-refractivity contribution in [2.75, 3.05) is 27.2 Å². The van der Waals surface area contributed by atoms with Gasteiger partial charge in [-0.3, -0.25) is 4.99 Å². The summed E-state index contributed by atoms with van der Waals surface area (Å²) in [6.07, 6.45) is 0.0348.